The lowest BCUT2D eigenvalue weighted by atomic mass is 9.69. The Kier molecular flexibility index (Phi) is 6.23. The molecule has 3 unspecified atom stereocenters. The second kappa shape index (κ2) is 8.74. The Balaban J connectivity index is 1.35. The minimum absolute atomic E-state index is 0.0534. The molecule has 5 nitrogen and oxygen atoms in total. The van der Waals surface area contributed by atoms with Crippen molar-refractivity contribution in [1.82, 2.24) is 10.2 Å². The zero-order valence-corrected chi connectivity index (χ0v) is 18.6. The fraction of sp³-hybridized carbons (Fsp3) is 1.00. The largest absolute Gasteiger partial charge is 0.378 e. The summed E-state index contributed by atoms with van der Waals surface area (Å²) >= 11 is 0. The van der Waals surface area contributed by atoms with E-state index in [1.165, 1.54) is 44.9 Å². The fourth-order valence-electron chi connectivity index (χ4n) is 7.38. The quantitative estimate of drug-likeness (QED) is 0.669. The van der Waals surface area contributed by atoms with Crippen molar-refractivity contribution < 1.29 is 14.2 Å². The van der Waals surface area contributed by atoms with Crippen LogP contribution >= 0.6 is 0 Å². The van der Waals surface area contributed by atoms with E-state index in [-0.39, 0.29) is 5.54 Å². The lowest BCUT2D eigenvalue weighted by molar-refractivity contribution is -0.0568. The molecule has 0 aromatic carbocycles. The van der Waals surface area contributed by atoms with E-state index < -0.39 is 0 Å². The predicted octanol–water partition coefficient (Wildman–Crippen LogP) is 3.22. The van der Waals surface area contributed by atoms with Gasteiger partial charge in [-0.25, -0.2) is 0 Å². The molecule has 6 rings (SSSR count). The van der Waals surface area contributed by atoms with Gasteiger partial charge in [-0.15, -0.1) is 0 Å². The normalized spacial score (nSPS) is 49.7. The summed E-state index contributed by atoms with van der Waals surface area (Å²) in [6.45, 7) is 10.2. The maximum atomic E-state index is 6.66. The molecule has 6 fully saturated rings. The van der Waals surface area contributed by atoms with Crippen molar-refractivity contribution in [2.24, 2.45) is 17.8 Å². The van der Waals surface area contributed by atoms with Gasteiger partial charge < -0.3 is 19.5 Å². The lowest BCUT2D eigenvalue weighted by Crippen LogP contribution is -2.63. The molecule has 0 amide bonds. The molecule has 1 spiro atoms. The van der Waals surface area contributed by atoms with E-state index in [9.17, 15) is 0 Å². The van der Waals surface area contributed by atoms with Crippen LogP contribution in [0, 0.1) is 17.8 Å². The summed E-state index contributed by atoms with van der Waals surface area (Å²) in [5.74, 6) is 2.48. The van der Waals surface area contributed by atoms with Crippen LogP contribution in [0.3, 0.4) is 0 Å². The van der Waals surface area contributed by atoms with Crippen LogP contribution in [0.25, 0.3) is 0 Å². The molecule has 5 heteroatoms. The van der Waals surface area contributed by atoms with Gasteiger partial charge in [-0.05, 0) is 76.0 Å². The molecule has 2 aliphatic carbocycles. The van der Waals surface area contributed by atoms with Gasteiger partial charge in [0.15, 0.2) is 0 Å². The number of rotatable bonds is 0. The number of morpholine rings is 1. The Morgan fingerprint density at radius 2 is 1.83 bits per heavy atom. The van der Waals surface area contributed by atoms with E-state index in [1.807, 2.05) is 0 Å². The van der Waals surface area contributed by atoms with Crippen molar-refractivity contribution in [2.45, 2.75) is 95.0 Å². The summed E-state index contributed by atoms with van der Waals surface area (Å²) in [6, 6.07) is 0.937. The van der Waals surface area contributed by atoms with Crippen LogP contribution in [0.15, 0.2) is 0 Å². The van der Waals surface area contributed by atoms with Crippen molar-refractivity contribution in [3.63, 3.8) is 0 Å². The standard InChI is InChI=1S/C24H42N2O3/c1-17-3-8-22-21(13-17)19-4-6-20(7-5-19)29-15-23-24(16-27-11-9-25-24)14-18(2)26(23)10-12-28-22/h17-23,25H,3-16H2,1-2H3/t17?,18-,19?,20?,21?,22?,23-,24+/m1/s1. The average molecular weight is 407 g/mol. The molecule has 2 bridgehead atoms. The summed E-state index contributed by atoms with van der Waals surface area (Å²) in [7, 11) is 0. The summed E-state index contributed by atoms with van der Waals surface area (Å²) in [5.41, 5.74) is 0.0534. The van der Waals surface area contributed by atoms with Gasteiger partial charge in [0, 0.05) is 19.1 Å². The molecule has 166 valence electrons. The zero-order valence-electron chi connectivity index (χ0n) is 18.6. The number of nitrogens with zero attached hydrogens (tertiary/aromatic N) is 1. The fourth-order valence-corrected chi connectivity index (χ4v) is 7.38. The zero-order chi connectivity index (χ0) is 19.8. The highest BCUT2D eigenvalue weighted by Crippen LogP contribution is 2.43. The molecule has 4 heterocycles. The number of nitrogens with one attached hydrogen (secondary N) is 1. The number of hydrogen-bond acceptors (Lipinski definition) is 5. The van der Waals surface area contributed by atoms with E-state index in [1.54, 1.807) is 0 Å². The molecule has 0 radical (unpaired) electrons. The molecule has 1 N–H and O–H groups in total. The van der Waals surface area contributed by atoms with E-state index in [0.717, 1.165) is 63.7 Å². The first-order chi connectivity index (χ1) is 14.1. The summed E-state index contributed by atoms with van der Waals surface area (Å²) in [4.78, 5) is 2.67. The Hall–Kier alpha value is -0.200. The van der Waals surface area contributed by atoms with Crippen LogP contribution in [0.2, 0.25) is 0 Å². The van der Waals surface area contributed by atoms with Gasteiger partial charge in [0.1, 0.15) is 0 Å². The Morgan fingerprint density at radius 1 is 0.966 bits per heavy atom. The molecular formula is C24H42N2O3. The van der Waals surface area contributed by atoms with Crippen molar-refractivity contribution in [2.75, 3.05) is 39.5 Å². The SMILES string of the molecule is CC1CCC2OCCN3[C@H](C)C[C@]4(COCCN4)[C@H]3COC3CCC(CC3)C2C1. The van der Waals surface area contributed by atoms with Gasteiger partial charge in [0.25, 0.3) is 0 Å². The Labute approximate surface area is 177 Å². The minimum atomic E-state index is 0.0534. The molecule has 6 aliphatic rings. The lowest BCUT2D eigenvalue weighted by Gasteiger charge is -2.42. The van der Waals surface area contributed by atoms with Crippen molar-refractivity contribution >= 4 is 0 Å². The predicted molar refractivity (Wildman–Crippen MR) is 114 cm³/mol. The first kappa shape index (κ1) is 20.7. The van der Waals surface area contributed by atoms with Crippen LogP contribution < -0.4 is 5.32 Å². The van der Waals surface area contributed by atoms with Crippen LogP contribution in [-0.2, 0) is 14.2 Å². The van der Waals surface area contributed by atoms with Gasteiger partial charge in [0.2, 0.25) is 0 Å². The smallest absolute Gasteiger partial charge is 0.0665 e. The highest BCUT2D eigenvalue weighted by molar-refractivity contribution is 5.10. The second-order valence-electron chi connectivity index (χ2n) is 10.8. The molecule has 6 atom stereocenters. The minimum Gasteiger partial charge on any atom is -0.378 e. The van der Waals surface area contributed by atoms with Crippen LogP contribution in [0.1, 0.15) is 65.2 Å². The molecule has 2 saturated carbocycles. The molecule has 4 aliphatic heterocycles. The highest BCUT2D eigenvalue weighted by Gasteiger charge is 2.52. The molecular weight excluding hydrogens is 364 g/mol. The summed E-state index contributed by atoms with van der Waals surface area (Å²) in [5, 5.41) is 3.85. The molecule has 0 aromatic rings. The van der Waals surface area contributed by atoms with E-state index in [4.69, 9.17) is 14.2 Å². The average Bonchev–Trinajstić information content (AvgIpc) is 2.99. The third kappa shape index (κ3) is 4.15. The van der Waals surface area contributed by atoms with Crippen molar-refractivity contribution in [3.05, 3.63) is 0 Å². The number of fused-ring (bicyclic) bond motifs is 5. The third-order valence-corrected chi connectivity index (χ3v) is 8.94. The van der Waals surface area contributed by atoms with E-state index in [0.29, 0.717) is 24.3 Å². The molecule has 29 heavy (non-hydrogen) atoms. The third-order valence-electron chi connectivity index (χ3n) is 8.94. The van der Waals surface area contributed by atoms with E-state index in [2.05, 4.69) is 24.1 Å². The van der Waals surface area contributed by atoms with Crippen LogP contribution in [-0.4, -0.2) is 74.2 Å². The van der Waals surface area contributed by atoms with Crippen LogP contribution in [0.5, 0.6) is 0 Å². The first-order valence-corrected chi connectivity index (χ1v) is 12.5. The van der Waals surface area contributed by atoms with Crippen molar-refractivity contribution in [1.29, 1.82) is 0 Å². The highest BCUT2D eigenvalue weighted by atomic mass is 16.5. The maximum Gasteiger partial charge on any atom is 0.0665 e. The number of ether oxygens (including phenoxy) is 3. The Morgan fingerprint density at radius 3 is 2.62 bits per heavy atom. The second-order valence-corrected chi connectivity index (χ2v) is 10.8. The Bertz CT molecular complexity index is 544. The van der Waals surface area contributed by atoms with Gasteiger partial charge >= 0.3 is 0 Å². The van der Waals surface area contributed by atoms with E-state index >= 15 is 0 Å². The maximum absolute atomic E-state index is 6.66. The monoisotopic (exact) mass is 406 g/mol. The molecule has 0 aromatic heterocycles. The van der Waals surface area contributed by atoms with Gasteiger partial charge in [-0.2, -0.15) is 0 Å². The number of hydrogen-bond donors (Lipinski definition) is 1. The molecule has 4 saturated heterocycles. The van der Waals surface area contributed by atoms with Crippen LogP contribution in [0.4, 0.5) is 0 Å². The van der Waals surface area contributed by atoms with Gasteiger partial charge in [0.05, 0.1) is 50.2 Å². The van der Waals surface area contributed by atoms with Crippen molar-refractivity contribution in [3.8, 4) is 0 Å². The summed E-state index contributed by atoms with van der Waals surface area (Å²) < 4.78 is 19.2. The first-order valence-electron chi connectivity index (χ1n) is 12.5. The van der Waals surface area contributed by atoms with Gasteiger partial charge in [-0.3, -0.25) is 4.90 Å². The topological polar surface area (TPSA) is 43.0 Å². The van der Waals surface area contributed by atoms with Gasteiger partial charge in [-0.1, -0.05) is 6.92 Å². The summed E-state index contributed by atoms with van der Waals surface area (Å²) in [6.07, 6.45) is 11.2.